The van der Waals surface area contributed by atoms with Gasteiger partial charge in [-0.1, -0.05) is 91.0 Å². The molecule has 202 valence electrons. The molecular weight excluding hydrogens is 474 g/mol. The van der Waals surface area contributed by atoms with Crippen LogP contribution in [-0.2, 0) is 32.2 Å². The molecule has 1 saturated heterocycles. The first-order chi connectivity index (χ1) is 18.6. The zero-order chi connectivity index (χ0) is 26.6. The van der Waals surface area contributed by atoms with Crippen LogP contribution < -0.4 is 0 Å². The first kappa shape index (κ1) is 28.0. The average molecular weight is 516 g/mol. The molecule has 1 aliphatic heterocycles. The Kier molecular flexibility index (Phi) is 10.9. The molecule has 0 unspecified atom stereocenters. The van der Waals surface area contributed by atoms with Gasteiger partial charge in [-0.25, -0.2) is 0 Å². The number of piperidine rings is 1. The van der Waals surface area contributed by atoms with Crippen molar-refractivity contribution in [1.82, 2.24) is 4.90 Å². The highest BCUT2D eigenvalue weighted by atomic mass is 16.5. The van der Waals surface area contributed by atoms with Crippen molar-refractivity contribution in [3.63, 3.8) is 0 Å². The number of nitrogens with zero attached hydrogens (tertiary/aromatic N) is 1. The van der Waals surface area contributed by atoms with E-state index in [0.29, 0.717) is 32.8 Å². The third-order valence-electron chi connectivity index (χ3n) is 7.47. The quantitative estimate of drug-likeness (QED) is 0.241. The van der Waals surface area contributed by atoms with Crippen LogP contribution in [0.3, 0.4) is 0 Å². The Bertz CT molecular complexity index is 1080. The highest BCUT2D eigenvalue weighted by Crippen LogP contribution is 2.35. The highest BCUT2D eigenvalue weighted by molar-refractivity contribution is 5.69. The average Bonchev–Trinajstić information content (AvgIpc) is 2.96. The van der Waals surface area contributed by atoms with Crippen molar-refractivity contribution in [3.05, 3.63) is 108 Å². The summed E-state index contributed by atoms with van der Waals surface area (Å²) in [5.74, 6) is 0.151. The SMILES string of the molecule is CCOC(=O)C[C@H]1CCN([C@@H](C)c2ccccc2)[C@@H]([C@@H](COCc2ccccc2)OCc2ccccc2)C1. The van der Waals surface area contributed by atoms with E-state index in [1.54, 1.807) is 0 Å². The summed E-state index contributed by atoms with van der Waals surface area (Å²) in [5.41, 5.74) is 3.57. The van der Waals surface area contributed by atoms with Crippen molar-refractivity contribution >= 4 is 5.97 Å². The van der Waals surface area contributed by atoms with Crippen LogP contribution in [0, 0.1) is 5.92 Å². The second-order valence-corrected chi connectivity index (χ2v) is 10.1. The van der Waals surface area contributed by atoms with E-state index in [1.165, 1.54) is 5.56 Å². The highest BCUT2D eigenvalue weighted by Gasteiger charge is 2.38. The molecule has 0 amide bonds. The number of carbonyl (C=O) groups is 1. The van der Waals surface area contributed by atoms with Gasteiger partial charge >= 0.3 is 5.97 Å². The molecule has 3 aromatic rings. The van der Waals surface area contributed by atoms with Gasteiger partial charge < -0.3 is 14.2 Å². The molecule has 38 heavy (non-hydrogen) atoms. The Morgan fingerprint density at radius 2 is 1.50 bits per heavy atom. The minimum absolute atomic E-state index is 0.108. The van der Waals surface area contributed by atoms with Crippen LogP contribution in [0.2, 0.25) is 0 Å². The van der Waals surface area contributed by atoms with Gasteiger partial charge in [-0.05, 0) is 55.8 Å². The first-order valence-corrected chi connectivity index (χ1v) is 13.9. The second-order valence-electron chi connectivity index (χ2n) is 10.1. The summed E-state index contributed by atoms with van der Waals surface area (Å²) >= 11 is 0. The van der Waals surface area contributed by atoms with E-state index < -0.39 is 0 Å². The zero-order valence-corrected chi connectivity index (χ0v) is 22.7. The van der Waals surface area contributed by atoms with Crippen LogP contribution in [0.15, 0.2) is 91.0 Å². The molecule has 4 atom stereocenters. The lowest BCUT2D eigenvalue weighted by molar-refractivity contribution is -0.145. The van der Waals surface area contributed by atoms with Crippen LogP contribution in [0.5, 0.6) is 0 Å². The molecular formula is C33H41NO4. The van der Waals surface area contributed by atoms with E-state index in [1.807, 2.05) is 43.3 Å². The van der Waals surface area contributed by atoms with Crippen molar-refractivity contribution in [3.8, 4) is 0 Å². The van der Waals surface area contributed by atoms with Gasteiger partial charge in [0.05, 0.1) is 32.5 Å². The molecule has 0 saturated carbocycles. The third-order valence-corrected chi connectivity index (χ3v) is 7.47. The Labute approximate surface area is 227 Å². The number of likely N-dealkylation sites (tertiary alicyclic amines) is 1. The molecule has 0 aromatic heterocycles. The molecule has 1 heterocycles. The lowest BCUT2D eigenvalue weighted by atomic mass is 9.84. The minimum Gasteiger partial charge on any atom is -0.466 e. The molecule has 5 heteroatoms. The van der Waals surface area contributed by atoms with Gasteiger partial charge in [0.2, 0.25) is 0 Å². The van der Waals surface area contributed by atoms with E-state index in [2.05, 4.69) is 66.4 Å². The summed E-state index contributed by atoms with van der Waals surface area (Å²) in [4.78, 5) is 14.9. The fraction of sp³-hybridized carbons (Fsp3) is 0.424. The van der Waals surface area contributed by atoms with Gasteiger partial charge in [0.25, 0.3) is 0 Å². The van der Waals surface area contributed by atoms with Crippen molar-refractivity contribution in [2.45, 2.75) is 64.5 Å². The number of esters is 1. The summed E-state index contributed by atoms with van der Waals surface area (Å²) in [7, 11) is 0. The van der Waals surface area contributed by atoms with Crippen LogP contribution >= 0.6 is 0 Å². The molecule has 0 radical (unpaired) electrons. The van der Waals surface area contributed by atoms with Gasteiger partial charge in [-0.2, -0.15) is 0 Å². The van der Waals surface area contributed by atoms with E-state index in [9.17, 15) is 4.79 Å². The van der Waals surface area contributed by atoms with Crippen molar-refractivity contribution in [1.29, 1.82) is 0 Å². The Hall–Kier alpha value is -2.99. The van der Waals surface area contributed by atoms with Crippen molar-refractivity contribution in [2.24, 2.45) is 5.92 Å². The Morgan fingerprint density at radius 3 is 2.13 bits per heavy atom. The van der Waals surface area contributed by atoms with Gasteiger partial charge in [0.1, 0.15) is 0 Å². The summed E-state index contributed by atoms with van der Waals surface area (Å²) in [6.07, 6.45) is 2.14. The number of carbonyl (C=O) groups excluding carboxylic acids is 1. The smallest absolute Gasteiger partial charge is 0.306 e. The topological polar surface area (TPSA) is 48.0 Å². The van der Waals surface area contributed by atoms with Crippen LogP contribution in [0.4, 0.5) is 0 Å². The van der Waals surface area contributed by atoms with E-state index in [4.69, 9.17) is 14.2 Å². The van der Waals surface area contributed by atoms with Gasteiger partial charge in [0.15, 0.2) is 0 Å². The molecule has 5 nitrogen and oxygen atoms in total. The number of benzene rings is 3. The second kappa shape index (κ2) is 14.8. The largest absolute Gasteiger partial charge is 0.466 e. The summed E-state index contributed by atoms with van der Waals surface area (Å²) in [6.45, 7) is 7.00. The van der Waals surface area contributed by atoms with E-state index in [-0.39, 0.29) is 30.1 Å². The van der Waals surface area contributed by atoms with Crippen LogP contribution in [0.25, 0.3) is 0 Å². The van der Waals surface area contributed by atoms with Crippen molar-refractivity contribution in [2.75, 3.05) is 19.8 Å². The van der Waals surface area contributed by atoms with E-state index >= 15 is 0 Å². The Morgan fingerprint density at radius 1 is 0.895 bits per heavy atom. The monoisotopic (exact) mass is 515 g/mol. The van der Waals surface area contributed by atoms with Crippen LogP contribution in [0.1, 0.15) is 55.8 Å². The maximum absolute atomic E-state index is 12.4. The molecule has 0 bridgehead atoms. The predicted molar refractivity (Wildman–Crippen MR) is 150 cm³/mol. The number of rotatable bonds is 13. The zero-order valence-electron chi connectivity index (χ0n) is 22.7. The lowest BCUT2D eigenvalue weighted by Crippen LogP contribution is -2.52. The van der Waals surface area contributed by atoms with Gasteiger partial charge in [-0.3, -0.25) is 9.69 Å². The van der Waals surface area contributed by atoms with Gasteiger partial charge in [-0.15, -0.1) is 0 Å². The number of hydrogen-bond donors (Lipinski definition) is 0. The van der Waals surface area contributed by atoms with E-state index in [0.717, 1.165) is 30.5 Å². The fourth-order valence-corrected chi connectivity index (χ4v) is 5.42. The lowest BCUT2D eigenvalue weighted by Gasteiger charge is -2.46. The fourth-order valence-electron chi connectivity index (χ4n) is 5.42. The third kappa shape index (κ3) is 8.26. The summed E-state index contributed by atoms with van der Waals surface area (Å²) < 4.78 is 18.2. The van der Waals surface area contributed by atoms with Crippen molar-refractivity contribution < 1.29 is 19.0 Å². The minimum atomic E-state index is -0.143. The van der Waals surface area contributed by atoms with Crippen LogP contribution in [-0.4, -0.2) is 42.8 Å². The number of hydrogen-bond acceptors (Lipinski definition) is 5. The molecule has 1 aliphatic rings. The summed E-state index contributed by atoms with van der Waals surface area (Å²) in [5, 5.41) is 0. The maximum atomic E-state index is 12.4. The maximum Gasteiger partial charge on any atom is 0.306 e. The summed E-state index contributed by atoms with van der Waals surface area (Å²) in [6, 6.07) is 31.5. The standard InChI is InChI=1S/C33H41NO4/c1-3-37-33(35)22-29-19-20-34(26(2)30-17-11-6-12-18-30)31(21-29)32(38-24-28-15-9-5-10-16-28)25-36-23-27-13-7-4-8-14-27/h4-18,26,29,31-32H,3,19-25H2,1-2H3/t26-,29-,31+,32+/m0/s1. The molecule has 0 aliphatic carbocycles. The molecule has 0 spiro atoms. The molecule has 1 fully saturated rings. The molecule has 0 N–H and O–H groups in total. The number of ether oxygens (including phenoxy) is 3. The molecule has 4 rings (SSSR count). The normalized spacial score (nSPS) is 19.5. The van der Waals surface area contributed by atoms with Gasteiger partial charge in [0, 0.05) is 18.5 Å². The Balaban J connectivity index is 1.54. The first-order valence-electron chi connectivity index (χ1n) is 13.9. The molecule has 3 aromatic carbocycles. The predicted octanol–water partition coefficient (Wildman–Crippen LogP) is 6.58.